The van der Waals surface area contributed by atoms with E-state index in [0.717, 1.165) is 12.5 Å². The van der Waals surface area contributed by atoms with Crippen molar-refractivity contribution in [2.75, 3.05) is 0 Å². The molecule has 0 bridgehead atoms. The summed E-state index contributed by atoms with van der Waals surface area (Å²) in [6.45, 7) is 12.8. The minimum atomic E-state index is 0.358. The third kappa shape index (κ3) is 5.66. The molecule has 1 aromatic rings. The maximum absolute atomic E-state index is 3.82. The molecule has 0 aliphatic heterocycles. The Hall–Kier alpha value is -0.820. The Labute approximate surface area is 126 Å². The molecule has 2 atom stereocenters. The number of rotatable bonds is 9. The van der Waals surface area contributed by atoms with E-state index in [0.29, 0.717) is 11.5 Å². The average molecular weight is 275 g/mol. The molecule has 0 fully saturated rings. The van der Waals surface area contributed by atoms with Crippen LogP contribution in [-0.4, -0.2) is 6.04 Å². The summed E-state index contributed by atoms with van der Waals surface area (Å²) in [5.74, 6) is 0.805. The van der Waals surface area contributed by atoms with E-state index in [2.05, 4.69) is 70.3 Å². The van der Waals surface area contributed by atoms with E-state index < -0.39 is 0 Å². The van der Waals surface area contributed by atoms with Crippen molar-refractivity contribution in [1.82, 2.24) is 5.32 Å². The van der Waals surface area contributed by atoms with Gasteiger partial charge in [0.15, 0.2) is 0 Å². The van der Waals surface area contributed by atoms with Crippen molar-refractivity contribution < 1.29 is 0 Å². The van der Waals surface area contributed by atoms with Crippen molar-refractivity contribution >= 4 is 0 Å². The molecule has 20 heavy (non-hydrogen) atoms. The van der Waals surface area contributed by atoms with Crippen LogP contribution in [0.15, 0.2) is 30.3 Å². The van der Waals surface area contributed by atoms with Crippen molar-refractivity contribution in [2.45, 2.75) is 72.9 Å². The predicted octanol–water partition coefficient (Wildman–Crippen LogP) is 5.41. The lowest BCUT2D eigenvalue weighted by atomic mass is 9.77. The van der Waals surface area contributed by atoms with Gasteiger partial charge in [-0.2, -0.15) is 0 Å². The first-order chi connectivity index (χ1) is 9.49. The Morgan fingerprint density at radius 3 is 2.30 bits per heavy atom. The van der Waals surface area contributed by atoms with Gasteiger partial charge in [0, 0.05) is 12.6 Å². The summed E-state index contributed by atoms with van der Waals surface area (Å²) in [4.78, 5) is 0. The topological polar surface area (TPSA) is 12.0 Å². The summed E-state index contributed by atoms with van der Waals surface area (Å²) in [6, 6.07) is 11.3. The van der Waals surface area contributed by atoms with Crippen molar-refractivity contribution in [2.24, 2.45) is 11.3 Å². The summed E-state index contributed by atoms with van der Waals surface area (Å²) in [6.07, 6.45) is 5.13. The van der Waals surface area contributed by atoms with E-state index in [1.165, 1.54) is 31.2 Å². The molecule has 1 N–H and O–H groups in total. The van der Waals surface area contributed by atoms with E-state index in [4.69, 9.17) is 0 Å². The molecule has 0 saturated heterocycles. The summed E-state index contributed by atoms with van der Waals surface area (Å²) in [5.41, 5.74) is 1.74. The lowest BCUT2D eigenvalue weighted by Gasteiger charge is -2.36. The van der Waals surface area contributed by atoms with Gasteiger partial charge < -0.3 is 5.32 Å². The monoisotopic (exact) mass is 275 g/mol. The Bertz CT molecular complexity index is 355. The molecule has 2 unspecified atom stereocenters. The Morgan fingerprint density at radius 2 is 1.75 bits per heavy atom. The molecule has 1 heteroatoms. The molecule has 114 valence electrons. The molecule has 1 rings (SSSR count). The molecule has 0 aromatic heterocycles. The minimum Gasteiger partial charge on any atom is -0.309 e. The van der Waals surface area contributed by atoms with E-state index in [9.17, 15) is 0 Å². The van der Waals surface area contributed by atoms with Gasteiger partial charge >= 0.3 is 0 Å². The second kappa shape index (κ2) is 8.46. The van der Waals surface area contributed by atoms with Crippen molar-refractivity contribution in [1.29, 1.82) is 0 Å². The van der Waals surface area contributed by atoms with Gasteiger partial charge in [-0.1, -0.05) is 77.8 Å². The van der Waals surface area contributed by atoms with E-state index >= 15 is 0 Å². The van der Waals surface area contributed by atoms with Crippen molar-refractivity contribution in [3.8, 4) is 0 Å². The molecule has 0 aliphatic carbocycles. The zero-order valence-corrected chi connectivity index (χ0v) is 14.1. The van der Waals surface area contributed by atoms with Gasteiger partial charge in [-0.05, 0) is 29.7 Å². The van der Waals surface area contributed by atoms with Gasteiger partial charge in [0.05, 0.1) is 0 Å². The molecular formula is C19H33N. The summed E-state index contributed by atoms with van der Waals surface area (Å²) in [5, 5.41) is 3.82. The van der Waals surface area contributed by atoms with Gasteiger partial charge in [0.1, 0.15) is 0 Å². The van der Waals surface area contributed by atoms with E-state index in [1.54, 1.807) is 0 Å². The number of hydrogen-bond acceptors (Lipinski definition) is 1. The third-order valence-corrected chi connectivity index (χ3v) is 4.67. The SMILES string of the molecule is CCCC(C)CC(NCc1ccccc1)C(C)(C)CC. The highest BCUT2D eigenvalue weighted by Gasteiger charge is 2.28. The van der Waals surface area contributed by atoms with Gasteiger partial charge in [-0.25, -0.2) is 0 Å². The molecule has 0 aliphatic rings. The van der Waals surface area contributed by atoms with Gasteiger partial charge in [-0.3, -0.25) is 0 Å². The normalized spacial score (nSPS) is 15.1. The van der Waals surface area contributed by atoms with Crippen molar-refractivity contribution in [3.63, 3.8) is 0 Å². The second-order valence-corrected chi connectivity index (χ2v) is 6.89. The van der Waals surface area contributed by atoms with Crippen LogP contribution in [-0.2, 0) is 6.54 Å². The Balaban J connectivity index is 2.63. The molecule has 1 aromatic carbocycles. The molecule has 0 spiro atoms. The zero-order valence-electron chi connectivity index (χ0n) is 14.1. The van der Waals surface area contributed by atoms with E-state index in [-0.39, 0.29) is 0 Å². The fourth-order valence-electron chi connectivity index (χ4n) is 2.77. The van der Waals surface area contributed by atoms with E-state index in [1.807, 2.05) is 0 Å². The number of hydrogen-bond donors (Lipinski definition) is 1. The quantitative estimate of drug-likeness (QED) is 0.635. The Kier molecular flexibility index (Phi) is 7.29. The maximum atomic E-state index is 3.82. The highest BCUT2D eigenvalue weighted by Crippen LogP contribution is 2.30. The lowest BCUT2D eigenvalue weighted by Crippen LogP contribution is -2.42. The summed E-state index contributed by atoms with van der Waals surface area (Å²) in [7, 11) is 0. The first-order valence-corrected chi connectivity index (χ1v) is 8.27. The fourth-order valence-corrected chi connectivity index (χ4v) is 2.77. The zero-order chi connectivity index (χ0) is 15.0. The van der Waals surface area contributed by atoms with Crippen LogP contribution in [0.5, 0.6) is 0 Å². The molecular weight excluding hydrogens is 242 g/mol. The molecule has 0 amide bonds. The van der Waals surface area contributed by atoms with Crippen LogP contribution >= 0.6 is 0 Å². The maximum Gasteiger partial charge on any atom is 0.0208 e. The number of nitrogens with one attached hydrogen (secondary N) is 1. The standard InChI is InChI=1S/C19H33N/c1-6-11-16(3)14-18(19(4,5)7-2)20-15-17-12-9-8-10-13-17/h8-10,12-13,16,18,20H,6-7,11,14-15H2,1-5H3. The highest BCUT2D eigenvalue weighted by atomic mass is 14.9. The molecule has 1 nitrogen and oxygen atoms in total. The van der Waals surface area contributed by atoms with Crippen LogP contribution in [0.2, 0.25) is 0 Å². The fraction of sp³-hybridized carbons (Fsp3) is 0.684. The van der Waals surface area contributed by atoms with Crippen LogP contribution in [0.3, 0.4) is 0 Å². The average Bonchev–Trinajstić information content (AvgIpc) is 2.44. The van der Waals surface area contributed by atoms with Crippen LogP contribution < -0.4 is 5.32 Å². The summed E-state index contributed by atoms with van der Waals surface area (Å²) >= 11 is 0. The van der Waals surface area contributed by atoms with Crippen LogP contribution in [0, 0.1) is 11.3 Å². The smallest absolute Gasteiger partial charge is 0.0208 e. The predicted molar refractivity (Wildman–Crippen MR) is 89.8 cm³/mol. The largest absolute Gasteiger partial charge is 0.309 e. The first-order valence-electron chi connectivity index (χ1n) is 8.27. The van der Waals surface area contributed by atoms with Crippen LogP contribution in [0.25, 0.3) is 0 Å². The van der Waals surface area contributed by atoms with Crippen molar-refractivity contribution in [3.05, 3.63) is 35.9 Å². The van der Waals surface area contributed by atoms with Crippen LogP contribution in [0.4, 0.5) is 0 Å². The summed E-state index contributed by atoms with van der Waals surface area (Å²) < 4.78 is 0. The minimum absolute atomic E-state index is 0.358. The lowest BCUT2D eigenvalue weighted by molar-refractivity contribution is 0.195. The molecule has 0 heterocycles. The molecule has 0 radical (unpaired) electrons. The molecule has 0 saturated carbocycles. The first kappa shape index (κ1) is 17.2. The Morgan fingerprint density at radius 1 is 1.10 bits per heavy atom. The second-order valence-electron chi connectivity index (χ2n) is 6.89. The van der Waals surface area contributed by atoms with Gasteiger partial charge in [0.25, 0.3) is 0 Å². The van der Waals surface area contributed by atoms with Gasteiger partial charge in [-0.15, -0.1) is 0 Å². The third-order valence-electron chi connectivity index (χ3n) is 4.67. The van der Waals surface area contributed by atoms with Crippen LogP contribution in [0.1, 0.15) is 65.9 Å². The highest BCUT2D eigenvalue weighted by molar-refractivity contribution is 5.14. The number of benzene rings is 1. The van der Waals surface area contributed by atoms with Gasteiger partial charge in [0.2, 0.25) is 0 Å².